The first-order valence-electron chi connectivity index (χ1n) is 8.23. The lowest BCUT2D eigenvalue weighted by Gasteiger charge is -2.33. The number of hydrogen-bond acceptors (Lipinski definition) is 5. The van der Waals surface area contributed by atoms with Crippen molar-refractivity contribution in [2.75, 3.05) is 16.9 Å². The molecular weight excluding hydrogens is 262 g/mol. The number of nitrogens with zero attached hydrogens (tertiary/aromatic N) is 3. The van der Waals surface area contributed by atoms with Crippen molar-refractivity contribution in [3.05, 3.63) is 11.4 Å². The normalized spacial score (nSPS) is 25.3. The third kappa shape index (κ3) is 2.59. The van der Waals surface area contributed by atoms with Gasteiger partial charge in [0.1, 0.15) is 17.5 Å². The second-order valence-electron chi connectivity index (χ2n) is 6.77. The van der Waals surface area contributed by atoms with Crippen LogP contribution in [0.4, 0.5) is 11.6 Å². The minimum Gasteiger partial charge on any atom is -0.353 e. The monoisotopic (exact) mass is 289 g/mol. The fourth-order valence-electron chi connectivity index (χ4n) is 3.87. The maximum atomic E-state index is 5.66. The number of nitrogens with one attached hydrogen (secondary N) is 1. The topological polar surface area (TPSA) is 67.1 Å². The third-order valence-electron chi connectivity index (χ3n) is 5.07. The van der Waals surface area contributed by atoms with Gasteiger partial charge in [-0.05, 0) is 32.1 Å². The highest BCUT2D eigenvalue weighted by molar-refractivity contribution is 5.59. The molecule has 0 bridgehead atoms. The van der Waals surface area contributed by atoms with Gasteiger partial charge in [-0.1, -0.05) is 26.7 Å². The largest absolute Gasteiger partial charge is 0.353 e. The van der Waals surface area contributed by atoms with E-state index in [0.29, 0.717) is 12.0 Å². The molecule has 2 aliphatic rings. The second kappa shape index (κ2) is 5.79. The Labute approximate surface area is 127 Å². The van der Waals surface area contributed by atoms with Gasteiger partial charge in [0.15, 0.2) is 0 Å². The van der Waals surface area contributed by atoms with Gasteiger partial charge >= 0.3 is 0 Å². The molecule has 0 amide bonds. The Hall–Kier alpha value is -1.36. The summed E-state index contributed by atoms with van der Waals surface area (Å²) in [5.41, 5.74) is 3.83. The molecule has 1 saturated carbocycles. The van der Waals surface area contributed by atoms with Crippen LogP contribution in [0, 0.1) is 12.8 Å². The Bertz CT molecular complexity index is 514. The molecule has 1 aliphatic carbocycles. The summed E-state index contributed by atoms with van der Waals surface area (Å²) < 4.78 is 0. The molecule has 1 aromatic heterocycles. The van der Waals surface area contributed by atoms with Crippen molar-refractivity contribution in [1.82, 2.24) is 9.97 Å². The van der Waals surface area contributed by atoms with Crippen molar-refractivity contribution >= 4 is 11.6 Å². The van der Waals surface area contributed by atoms with E-state index in [-0.39, 0.29) is 0 Å². The zero-order valence-corrected chi connectivity index (χ0v) is 13.4. The van der Waals surface area contributed by atoms with E-state index < -0.39 is 0 Å². The predicted molar refractivity (Wildman–Crippen MR) is 86.4 cm³/mol. The van der Waals surface area contributed by atoms with Gasteiger partial charge in [-0.3, -0.25) is 0 Å². The SMILES string of the molecule is Cc1c(NN)nc(C(C)C)nc1N1CCC2CCCCC21. The molecule has 5 heteroatoms. The van der Waals surface area contributed by atoms with E-state index in [9.17, 15) is 0 Å². The molecule has 0 spiro atoms. The summed E-state index contributed by atoms with van der Waals surface area (Å²) in [7, 11) is 0. The van der Waals surface area contributed by atoms with Crippen LogP contribution < -0.4 is 16.2 Å². The van der Waals surface area contributed by atoms with E-state index in [4.69, 9.17) is 10.8 Å². The molecule has 2 atom stereocenters. The van der Waals surface area contributed by atoms with E-state index in [0.717, 1.165) is 35.5 Å². The average molecular weight is 289 g/mol. The zero-order chi connectivity index (χ0) is 15.0. The zero-order valence-electron chi connectivity index (χ0n) is 13.4. The molecule has 0 aromatic carbocycles. The molecular formula is C16H27N5. The van der Waals surface area contributed by atoms with E-state index in [1.807, 2.05) is 0 Å². The lowest BCUT2D eigenvalue weighted by atomic mass is 9.85. The Balaban J connectivity index is 1.99. The number of hydrazine groups is 1. The van der Waals surface area contributed by atoms with Crippen LogP contribution in [0.15, 0.2) is 0 Å². The van der Waals surface area contributed by atoms with Gasteiger partial charge < -0.3 is 10.3 Å². The summed E-state index contributed by atoms with van der Waals surface area (Å²) in [5, 5.41) is 0. The highest BCUT2D eigenvalue weighted by Gasteiger charge is 2.37. The lowest BCUT2D eigenvalue weighted by molar-refractivity contribution is 0.341. The second-order valence-corrected chi connectivity index (χ2v) is 6.77. The van der Waals surface area contributed by atoms with Crippen molar-refractivity contribution in [2.24, 2.45) is 11.8 Å². The predicted octanol–water partition coefficient (Wildman–Crippen LogP) is 2.96. The summed E-state index contributed by atoms with van der Waals surface area (Å²) in [6.45, 7) is 7.45. The molecule has 1 aromatic rings. The number of nitrogen functional groups attached to an aromatic ring is 1. The first kappa shape index (κ1) is 14.6. The Morgan fingerprint density at radius 1 is 1.19 bits per heavy atom. The van der Waals surface area contributed by atoms with Gasteiger partial charge in [-0.15, -0.1) is 0 Å². The quantitative estimate of drug-likeness (QED) is 0.661. The first-order valence-corrected chi connectivity index (χ1v) is 8.23. The molecule has 1 saturated heterocycles. The van der Waals surface area contributed by atoms with Crippen LogP contribution in [0.5, 0.6) is 0 Å². The van der Waals surface area contributed by atoms with Crippen LogP contribution >= 0.6 is 0 Å². The minimum atomic E-state index is 0.307. The number of rotatable bonds is 3. The Kier molecular flexibility index (Phi) is 4.02. The molecule has 3 rings (SSSR count). The van der Waals surface area contributed by atoms with Crippen LogP contribution in [-0.2, 0) is 0 Å². The number of hydrogen-bond donors (Lipinski definition) is 2. The van der Waals surface area contributed by atoms with Crippen molar-refractivity contribution < 1.29 is 0 Å². The van der Waals surface area contributed by atoms with Crippen molar-refractivity contribution in [3.63, 3.8) is 0 Å². The molecule has 1 aliphatic heterocycles. The molecule has 3 N–H and O–H groups in total. The van der Waals surface area contributed by atoms with Crippen molar-refractivity contribution in [3.8, 4) is 0 Å². The number of aromatic nitrogens is 2. The minimum absolute atomic E-state index is 0.307. The molecule has 5 nitrogen and oxygen atoms in total. The van der Waals surface area contributed by atoms with Crippen LogP contribution in [0.1, 0.15) is 63.3 Å². The maximum Gasteiger partial charge on any atom is 0.148 e. The van der Waals surface area contributed by atoms with E-state index in [1.165, 1.54) is 32.1 Å². The summed E-state index contributed by atoms with van der Waals surface area (Å²) in [6.07, 6.45) is 6.72. The van der Waals surface area contributed by atoms with Gasteiger partial charge in [0.25, 0.3) is 0 Å². The third-order valence-corrected chi connectivity index (χ3v) is 5.07. The summed E-state index contributed by atoms with van der Waals surface area (Å²) in [4.78, 5) is 11.9. The van der Waals surface area contributed by atoms with Crippen molar-refractivity contribution in [2.45, 2.75) is 64.8 Å². The Morgan fingerprint density at radius 2 is 1.95 bits per heavy atom. The molecule has 21 heavy (non-hydrogen) atoms. The standard InChI is InChI=1S/C16H27N5/c1-10(2)14-18-15(20-17)11(3)16(19-14)21-9-8-12-6-4-5-7-13(12)21/h10,12-13H,4-9,17H2,1-3H3,(H,18,19,20). The number of anilines is 2. The van der Waals surface area contributed by atoms with Crippen LogP contribution in [0.25, 0.3) is 0 Å². The first-order chi connectivity index (χ1) is 10.1. The summed E-state index contributed by atoms with van der Waals surface area (Å²) in [5.74, 6) is 9.56. The van der Waals surface area contributed by atoms with E-state index >= 15 is 0 Å². The molecule has 0 radical (unpaired) electrons. The smallest absolute Gasteiger partial charge is 0.148 e. The fraction of sp³-hybridized carbons (Fsp3) is 0.750. The van der Waals surface area contributed by atoms with E-state index in [2.05, 4.69) is 36.1 Å². The van der Waals surface area contributed by atoms with Gasteiger partial charge in [-0.25, -0.2) is 15.8 Å². The molecule has 2 heterocycles. The lowest BCUT2D eigenvalue weighted by Crippen LogP contribution is -2.36. The Morgan fingerprint density at radius 3 is 2.67 bits per heavy atom. The molecule has 2 unspecified atom stereocenters. The summed E-state index contributed by atoms with van der Waals surface area (Å²) in [6, 6.07) is 0.665. The van der Waals surface area contributed by atoms with Gasteiger partial charge in [-0.2, -0.15) is 0 Å². The number of fused-ring (bicyclic) bond motifs is 1. The highest BCUT2D eigenvalue weighted by Crippen LogP contribution is 2.40. The molecule has 2 fully saturated rings. The van der Waals surface area contributed by atoms with Gasteiger partial charge in [0, 0.05) is 24.1 Å². The fourth-order valence-corrected chi connectivity index (χ4v) is 3.87. The van der Waals surface area contributed by atoms with Gasteiger partial charge in [0.2, 0.25) is 0 Å². The van der Waals surface area contributed by atoms with E-state index in [1.54, 1.807) is 0 Å². The maximum absolute atomic E-state index is 5.66. The number of nitrogens with two attached hydrogens (primary N) is 1. The van der Waals surface area contributed by atoms with Crippen molar-refractivity contribution in [1.29, 1.82) is 0 Å². The van der Waals surface area contributed by atoms with Crippen LogP contribution in [0.3, 0.4) is 0 Å². The highest BCUT2D eigenvalue weighted by atomic mass is 15.3. The summed E-state index contributed by atoms with van der Waals surface area (Å²) >= 11 is 0. The average Bonchev–Trinajstić information content (AvgIpc) is 2.91. The van der Waals surface area contributed by atoms with Crippen LogP contribution in [0.2, 0.25) is 0 Å². The van der Waals surface area contributed by atoms with Gasteiger partial charge in [0.05, 0.1) is 0 Å². The van der Waals surface area contributed by atoms with Crippen LogP contribution in [-0.4, -0.2) is 22.6 Å². The molecule has 116 valence electrons.